The minimum atomic E-state index is -0.521. The molecule has 0 bridgehead atoms. The smallest absolute Gasteiger partial charge is 0.120 e. The molecule has 1 atom stereocenters. The van der Waals surface area contributed by atoms with E-state index >= 15 is 0 Å². The van der Waals surface area contributed by atoms with Gasteiger partial charge in [-0.25, -0.2) is 4.98 Å². The van der Waals surface area contributed by atoms with Crippen LogP contribution in [0.25, 0.3) is 0 Å². The number of imidazole rings is 1. The van der Waals surface area contributed by atoms with Gasteiger partial charge in [-0.15, -0.1) is 11.3 Å². The molecule has 0 aliphatic heterocycles. The van der Waals surface area contributed by atoms with E-state index in [0.717, 1.165) is 10.7 Å². The molecule has 1 unspecified atom stereocenters. The summed E-state index contributed by atoms with van der Waals surface area (Å²) in [4.78, 5) is 7.92. The lowest BCUT2D eigenvalue weighted by molar-refractivity contribution is 0.178. The molecule has 6 heteroatoms. The van der Waals surface area contributed by atoms with Crippen LogP contribution in [0.2, 0.25) is 4.34 Å². The number of aliphatic hydroxyl groups is 1. The highest BCUT2D eigenvalue weighted by molar-refractivity contribution is 7.16. The van der Waals surface area contributed by atoms with Crippen molar-refractivity contribution in [1.29, 1.82) is 0 Å². The van der Waals surface area contributed by atoms with Crippen molar-refractivity contribution in [2.75, 3.05) is 6.54 Å². The van der Waals surface area contributed by atoms with E-state index in [1.807, 2.05) is 6.07 Å². The summed E-state index contributed by atoms with van der Waals surface area (Å²) < 4.78 is 0.695. The first kappa shape index (κ1) is 11.6. The Bertz CT molecular complexity index is 429. The Balaban J connectivity index is 1.78. The summed E-state index contributed by atoms with van der Waals surface area (Å²) in [6.07, 6.45) is 2.95. The molecule has 0 aliphatic carbocycles. The summed E-state index contributed by atoms with van der Waals surface area (Å²) in [6.45, 7) is 1.10. The van der Waals surface area contributed by atoms with Gasteiger partial charge in [-0.2, -0.15) is 0 Å². The maximum Gasteiger partial charge on any atom is 0.120 e. The van der Waals surface area contributed by atoms with Crippen molar-refractivity contribution < 1.29 is 5.11 Å². The summed E-state index contributed by atoms with van der Waals surface area (Å²) >= 11 is 7.19. The Kier molecular flexibility index (Phi) is 3.95. The van der Waals surface area contributed by atoms with Crippen LogP contribution in [-0.2, 0) is 6.54 Å². The molecular weight excluding hydrogens is 246 g/mol. The third-order valence-electron chi connectivity index (χ3n) is 2.11. The lowest BCUT2D eigenvalue weighted by Crippen LogP contribution is -2.21. The standard InChI is InChI=1S/C10H12ClN3OS/c11-9-2-1-8(16-9)7(15)5-12-6-10-13-3-4-14-10/h1-4,7,12,15H,5-6H2,(H,13,14). The minimum Gasteiger partial charge on any atom is -0.386 e. The molecule has 0 fully saturated rings. The van der Waals surface area contributed by atoms with Gasteiger partial charge in [-0.3, -0.25) is 0 Å². The number of aromatic amines is 1. The highest BCUT2D eigenvalue weighted by atomic mass is 35.5. The molecule has 0 aliphatic rings. The van der Waals surface area contributed by atoms with Crippen LogP contribution in [0.4, 0.5) is 0 Å². The Hall–Kier alpha value is -0.880. The first-order chi connectivity index (χ1) is 7.75. The fraction of sp³-hybridized carbons (Fsp3) is 0.300. The lowest BCUT2D eigenvalue weighted by atomic mass is 10.3. The Labute approximate surface area is 102 Å². The van der Waals surface area contributed by atoms with Crippen LogP contribution in [0, 0.1) is 0 Å². The van der Waals surface area contributed by atoms with Crippen molar-refractivity contribution in [3.63, 3.8) is 0 Å². The van der Waals surface area contributed by atoms with Gasteiger partial charge >= 0.3 is 0 Å². The van der Waals surface area contributed by atoms with Crippen LogP contribution in [0.3, 0.4) is 0 Å². The van der Waals surface area contributed by atoms with Crippen LogP contribution in [0.1, 0.15) is 16.8 Å². The van der Waals surface area contributed by atoms with E-state index in [0.29, 0.717) is 17.4 Å². The van der Waals surface area contributed by atoms with E-state index in [9.17, 15) is 5.11 Å². The average Bonchev–Trinajstić information content (AvgIpc) is 2.89. The van der Waals surface area contributed by atoms with Crippen LogP contribution in [0.15, 0.2) is 24.5 Å². The van der Waals surface area contributed by atoms with Crippen molar-refractivity contribution in [3.05, 3.63) is 39.6 Å². The van der Waals surface area contributed by atoms with Crippen LogP contribution in [-0.4, -0.2) is 21.6 Å². The van der Waals surface area contributed by atoms with Gasteiger partial charge in [0.05, 0.1) is 10.9 Å². The van der Waals surface area contributed by atoms with Crippen molar-refractivity contribution in [2.45, 2.75) is 12.6 Å². The van der Waals surface area contributed by atoms with Crippen molar-refractivity contribution in [3.8, 4) is 0 Å². The molecule has 0 aromatic carbocycles. The fourth-order valence-electron chi connectivity index (χ4n) is 1.33. The second-order valence-electron chi connectivity index (χ2n) is 3.32. The van der Waals surface area contributed by atoms with Gasteiger partial charge in [0.15, 0.2) is 0 Å². The third-order valence-corrected chi connectivity index (χ3v) is 3.44. The zero-order valence-electron chi connectivity index (χ0n) is 8.48. The van der Waals surface area contributed by atoms with E-state index in [2.05, 4.69) is 15.3 Å². The van der Waals surface area contributed by atoms with Gasteiger partial charge in [0.1, 0.15) is 11.9 Å². The van der Waals surface area contributed by atoms with Crippen molar-refractivity contribution in [1.82, 2.24) is 15.3 Å². The number of nitrogens with one attached hydrogen (secondary N) is 2. The van der Waals surface area contributed by atoms with Crippen molar-refractivity contribution in [2.24, 2.45) is 0 Å². The molecule has 2 aromatic heterocycles. The van der Waals surface area contributed by atoms with Crippen LogP contribution < -0.4 is 5.32 Å². The zero-order valence-corrected chi connectivity index (χ0v) is 10.1. The predicted octanol–water partition coefficient (Wildman–Crippen LogP) is 1.95. The second-order valence-corrected chi connectivity index (χ2v) is 5.07. The van der Waals surface area contributed by atoms with E-state index in [-0.39, 0.29) is 0 Å². The van der Waals surface area contributed by atoms with E-state index in [1.54, 1.807) is 18.5 Å². The molecule has 86 valence electrons. The maximum atomic E-state index is 9.82. The summed E-state index contributed by atoms with van der Waals surface area (Å²) in [7, 11) is 0. The normalized spacial score (nSPS) is 12.9. The first-order valence-electron chi connectivity index (χ1n) is 4.88. The lowest BCUT2D eigenvalue weighted by Gasteiger charge is -2.08. The number of aliphatic hydroxyl groups excluding tert-OH is 1. The SMILES string of the molecule is OC(CNCc1ncc[nH]1)c1ccc(Cl)s1. The highest BCUT2D eigenvalue weighted by Crippen LogP contribution is 2.26. The van der Waals surface area contributed by atoms with Gasteiger partial charge in [0.2, 0.25) is 0 Å². The summed E-state index contributed by atoms with van der Waals surface area (Å²) in [6, 6.07) is 3.63. The van der Waals surface area contributed by atoms with Crippen molar-refractivity contribution >= 4 is 22.9 Å². The Morgan fingerprint density at radius 2 is 2.44 bits per heavy atom. The number of halogens is 1. The molecule has 0 saturated heterocycles. The fourth-order valence-corrected chi connectivity index (χ4v) is 2.38. The third kappa shape index (κ3) is 3.05. The summed E-state index contributed by atoms with van der Waals surface area (Å²) in [5.74, 6) is 0.858. The molecule has 2 heterocycles. The predicted molar refractivity (Wildman–Crippen MR) is 64.6 cm³/mol. The molecule has 0 radical (unpaired) electrons. The van der Waals surface area contributed by atoms with Gasteiger partial charge in [0.25, 0.3) is 0 Å². The monoisotopic (exact) mass is 257 g/mol. The Morgan fingerprint density at radius 3 is 3.06 bits per heavy atom. The minimum absolute atomic E-state index is 0.484. The number of nitrogens with zero attached hydrogens (tertiary/aromatic N) is 1. The van der Waals surface area contributed by atoms with E-state index in [1.165, 1.54) is 11.3 Å². The number of hydrogen-bond donors (Lipinski definition) is 3. The molecule has 0 amide bonds. The van der Waals surface area contributed by atoms with Gasteiger partial charge in [-0.1, -0.05) is 11.6 Å². The number of thiophene rings is 1. The quantitative estimate of drug-likeness (QED) is 0.767. The zero-order chi connectivity index (χ0) is 11.4. The summed E-state index contributed by atoms with van der Waals surface area (Å²) in [5, 5.41) is 12.9. The molecule has 2 aromatic rings. The van der Waals surface area contributed by atoms with Gasteiger partial charge in [-0.05, 0) is 12.1 Å². The number of rotatable bonds is 5. The molecule has 3 N–H and O–H groups in total. The maximum absolute atomic E-state index is 9.82. The van der Waals surface area contributed by atoms with Crippen LogP contribution in [0.5, 0.6) is 0 Å². The number of H-pyrrole nitrogens is 1. The molecule has 2 rings (SSSR count). The largest absolute Gasteiger partial charge is 0.386 e. The number of hydrogen-bond acceptors (Lipinski definition) is 4. The molecule has 0 saturated carbocycles. The topological polar surface area (TPSA) is 60.9 Å². The molecular formula is C10H12ClN3OS. The molecule has 4 nitrogen and oxygen atoms in total. The number of aromatic nitrogens is 2. The van der Waals surface area contributed by atoms with E-state index < -0.39 is 6.10 Å². The first-order valence-corrected chi connectivity index (χ1v) is 6.07. The second kappa shape index (κ2) is 5.45. The Morgan fingerprint density at radius 1 is 1.56 bits per heavy atom. The molecule has 0 spiro atoms. The van der Waals surface area contributed by atoms with Crippen LogP contribution >= 0.6 is 22.9 Å². The summed E-state index contributed by atoms with van der Waals surface area (Å²) in [5.41, 5.74) is 0. The van der Waals surface area contributed by atoms with Gasteiger partial charge < -0.3 is 15.4 Å². The highest BCUT2D eigenvalue weighted by Gasteiger charge is 2.09. The average molecular weight is 258 g/mol. The van der Waals surface area contributed by atoms with Gasteiger partial charge in [0, 0.05) is 23.8 Å². The molecule has 16 heavy (non-hydrogen) atoms. The van der Waals surface area contributed by atoms with E-state index in [4.69, 9.17) is 11.6 Å².